The highest BCUT2D eigenvalue weighted by Gasteiger charge is 2.18. The predicted molar refractivity (Wildman–Crippen MR) is 76.8 cm³/mol. The van der Waals surface area contributed by atoms with Crippen LogP contribution in [0.2, 0.25) is 5.02 Å². The molecule has 22 heavy (non-hydrogen) atoms. The molecule has 110 valence electrons. The maximum absolute atomic E-state index is 13.7. The van der Waals surface area contributed by atoms with Gasteiger partial charge in [0, 0.05) is 12.1 Å². The van der Waals surface area contributed by atoms with Gasteiger partial charge in [-0.15, -0.1) is 0 Å². The molecule has 6 nitrogen and oxygen atoms in total. The van der Waals surface area contributed by atoms with E-state index in [4.69, 9.17) is 16.1 Å². The third kappa shape index (κ3) is 2.53. The number of nitrogens with zero attached hydrogens (tertiary/aromatic N) is 3. The first-order valence-corrected chi connectivity index (χ1v) is 6.47. The van der Waals surface area contributed by atoms with Crippen LogP contribution in [0.3, 0.4) is 0 Å². The lowest BCUT2D eigenvalue weighted by Gasteiger charge is -1.98. The molecule has 1 aromatic heterocycles. The molecule has 0 atom stereocenters. The van der Waals surface area contributed by atoms with Gasteiger partial charge in [-0.25, -0.2) is 4.39 Å². The van der Waals surface area contributed by atoms with Crippen LogP contribution in [0.15, 0.2) is 47.0 Å². The van der Waals surface area contributed by atoms with E-state index in [1.54, 1.807) is 6.07 Å². The van der Waals surface area contributed by atoms with Crippen molar-refractivity contribution in [1.82, 2.24) is 10.1 Å². The fraction of sp³-hybridized carbons (Fsp3) is 0. The van der Waals surface area contributed by atoms with Crippen molar-refractivity contribution in [3.8, 4) is 22.8 Å². The quantitative estimate of drug-likeness (QED) is 0.536. The Morgan fingerprint density at radius 1 is 1.18 bits per heavy atom. The molecule has 0 saturated carbocycles. The number of non-ortho nitro benzene ring substituents is 1. The molecule has 0 amide bonds. The van der Waals surface area contributed by atoms with E-state index in [-0.39, 0.29) is 33.6 Å². The molecule has 3 rings (SSSR count). The second-order valence-electron chi connectivity index (χ2n) is 4.32. The molecule has 3 aromatic rings. The molecule has 0 radical (unpaired) electrons. The summed E-state index contributed by atoms with van der Waals surface area (Å²) in [5, 5.41) is 14.7. The summed E-state index contributed by atoms with van der Waals surface area (Å²) >= 11 is 6.00. The van der Waals surface area contributed by atoms with E-state index in [1.165, 1.54) is 36.4 Å². The standard InChI is InChI=1S/C14H7ClFN3O3/c15-11-6-5-8(19(20)21)7-10(11)14-17-13(18-22-14)9-3-1-2-4-12(9)16/h1-7H. The molecule has 0 aliphatic heterocycles. The van der Waals surface area contributed by atoms with Crippen LogP contribution in [0, 0.1) is 15.9 Å². The van der Waals surface area contributed by atoms with Gasteiger partial charge in [0.25, 0.3) is 11.6 Å². The van der Waals surface area contributed by atoms with Crippen molar-refractivity contribution in [2.24, 2.45) is 0 Å². The monoisotopic (exact) mass is 319 g/mol. The Kier molecular flexibility index (Phi) is 3.56. The molecule has 1 heterocycles. The first-order valence-electron chi connectivity index (χ1n) is 6.09. The number of hydrogen-bond donors (Lipinski definition) is 0. The Labute approximate surface area is 128 Å². The third-order valence-corrected chi connectivity index (χ3v) is 3.26. The van der Waals surface area contributed by atoms with Crippen LogP contribution in [-0.4, -0.2) is 15.1 Å². The molecule has 0 saturated heterocycles. The third-order valence-electron chi connectivity index (χ3n) is 2.93. The first kappa shape index (κ1) is 14.2. The minimum atomic E-state index is -0.562. The minimum Gasteiger partial charge on any atom is -0.334 e. The van der Waals surface area contributed by atoms with Crippen LogP contribution in [0.1, 0.15) is 0 Å². The summed E-state index contributed by atoms with van der Waals surface area (Å²) in [5.41, 5.74) is 0.218. The zero-order chi connectivity index (χ0) is 15.7. The van der Waals surface area contributed by atoms with Crippen molar-refractivity contribution in [3.63, 3.8) is 0 Å². The summed E-state index contributed by atoms with van der Waals surface area (Å²) in [6.07, 6.45) is 0. The van der Waals surface area contributed by atoms with Gasteiger partial charge < -0.3 is 4.52 Å². The van der Waals surface area contributed by atoms with E-state index >= 15 is 0 Å². The Balaban J connectivity index is 2.06. The normalized spacial score (nSPS) is 10.6. The van der Waals surface area contributed by atoms with E-state index in [2.05, 4.69) is 10.1 Å². The number of rotatable bonds is 3. The van der Waals surface area contributed by atoms with Gasteiger partial charge in [0.15, 0.2) is 0 Å². The molecule has 2 aromatic carbocycles. The van der Waals surface area contributed by atoms with Crippen molar-refractivity contribution in [2.75, 3.05) is 0 Å². The number of hydrogen-bond acceptors (Lipinski definition) is 5. The first-order chi connectivity index (χ1) is 10.6. The van der Waals surface area contributed by atoms with Crippen LogP contribution in [0.25, 0.3) is 22.8 Å². The van der Waals surface area contributed by atoms with E-state index in [1.807, 2.05) is 0 Å². The molecule has 0 fully saturated rings. The van der Waals surface area contributed by atoms with E-state index in [9.17, 15) is 14.5 Å². The maximum Gasteiger partial charge on any atom is 0.270 e. The molecule has 0 N–H and O–H groups in total. The SMILES string of the molecule is O=[N+]([O-])c1ccc(Cl)c(-c2nc(-c3ccccc3F)no2)c1. The summed E-state index contributed by atoms with van der Waals surface area (Å²) in [4.78, 5) is 14.3. The fourth-order valence-corrected chi connectivity index (χ4v) is 2.07. The van der Waals surface area contributed by atoms with Gasteiger partial charge in [0.2, 0.25) is 5.82 Å². The average molecular weight is 320 g/mol. The number of nitro groups is 1. The highest BCUT2D eigenvalue weighted by Crippen LogP contribution is 2.31. The molecule has 0 spiro atoms. The van der Waals surface area contributed by atoms with Crippen LogP contribution < -0.4 is 0 Å². The van der Waals surface area contributed by atoms with Crippen molar-refractivity contribution >= 4 is 17.3 Å². The lowest BCUT2D eigenvalue weighted by atomic mass is 10.2. The van der Waals surface area contributed by atoms with Crippen LogP contribution in [0.4, 0.5) is 10.1 Å². The smallest absolute Gasteiger partial charge is 0.270 e. The summed E-state index contributed by atoms with van der Waals surface area (Å²) < 4.78 is 18.7. The second kappa shape index (κ2) is 5.53. The zero-order valence-electron chi connectivity index (χ0n) is 10.9. The lowest BCUT2D eigenvalue weighted by molar-refractivity contribution is -0.384. The molecular weight excluding hydrogens is 313 g/mol. The summed E-state index contributed by atoms with van der Waals surface area (Å²) in [6, 6.07) is 9.79. The minimum absolute atomic E-state index is 0.0213. The average Bonchev–Trinajstić information content (AvgIpc) is 2.97. The largest absolute Gasteiger partial charge is 0.334 e. The fourth-order valence-electron chi connectivity index (χ4n) is 1.88. The topological polar surface area (TPSA) is 82.1 Å². The van der Waals surface area contributed by atoms with Crippen molar-refractivity contribution < 1.29 is 13.8 Å². The molecule has 0 unspecified atom stereocenters. The van der Waals surface area contributed by atoms with Gasteiger partial charge in [0.05, 0.1) is 21.1 Å². The van der Waals surface area contributed by atoms with Gasteiger partial charge in [0.1, 0.15) is 5.82 Å². The van der Waals surface area contributed by atoms with Crippen molar-refractivity contribution in [3.05, 3.63) is 63.4 Å². The number of halogens is 2. The molecule has 8 heteroatoms. The highest BCUT2D eigenvalue weighted by atomic mass is 35.5. The lowest BCUT2D eigenvalue weighted by Crippen LogP contribution is -1.89. The van der Waals surface area contributed by atoms with Gasteiger partial charge in [-0.05, 0) is 18.2 Å². The van der Waals surface area contributed by atoms with Gasteiger partial charge >= 0.3 is 0 Å². The maximum atomic E-state index is 13.7. The highest BCUT2D eigenvalue weighted by molar-refractivity contribution is 6.33. The zero-order valence-corrected chi connectivity index (χ0v) is 11.6. The van der Waals surface area contributed by atoms with Gasteiger partial charge in [-0.2, -0.15) is 4.98 Å². The molecular formula is C14H7ClFN3O3. The molecule has 0 bridgehead atoms. The number of nitro benzene ring substituents is 1. The Hall–Kier alpha value is -2.80. The second-order valence-corrected chi connectivity index (χ2v) is 4.73. The van der Waals surface area contributed by atoms with E-state index in [0.29, 0.717) is 0 Å². The predicted octanol–water partition coefficient (Wildman–Crippen LogP) is 4.10. The van der Waals surface area contributed by atoms with Gasteiger partial charge in [-0.1, -0.05) is 28.9 Å². The van der Waals surface area contributed by atoms with Crippen LogP contribution in [0.5, 0.6) is 0 Å². The van der Waals surface area contributed by atoms with Crippen molar-refractivity contribution in [1.29, 1.82) is 0 Å². The summed E-state index contributed by atoms with van der Waals surface area (Å²) in [7, 11) is 0. The molecule has 0 aliphatic carbocycles. The van der Waals surface area contributed by atoms with E-state index < -0.39 is 10.7 Å². The van der Waals surface area contributed by atoms with Crippen LogP contribution >= 0.6 is 11.6 Å². The van der Waals surface area contributed by atoms with Crippen LogP contribution in [-0.2, 0) is 0 Å². The number of aromatic nitrogens is 2. The van der Waals surface area contributed by atoms with Crippen molar-refractivity contribution in [2.45, 2.75) is 0 Å². The Morgan fingerprint density at radius 3 is 2.68 bits per heavy atom. The number of benzene rings is 2. The Bertz CT molecular complexity index is 866. The molecule has 0 aliphatic rings. The van der Waals surface area contributed by atoms with E-state index in [0.717, 1.165) is 0 Å². The Morgan fingerprint density at radius 2 is 1.95 bits per heavy atom. The summed E-state index contributed by atoms with van der Waals surface area (Å²) in [5.74, 6) is -0.484. The van der Waals surface area contributed by atoms with Gasteiger partial charge in [-0.3, -0.25) is 10.1 Å². The summed E-state index contributed by atoms with van der Waals surface area (Å²) in [6.45, 7) is 0.